The first-order chi connectivity index (χ1) is 8.29. The Kier molecular flexibility index (Phi) is 4.71. The van der Waals surface area contributed by atoms with Crippen molar-refractivity contribution in [2.24, 2.45) is 5.41 Å². The van der Waals surface area contributed by atoms with E-state index in [0.29, 0.717) is 26.1 Å². The molecule has 1 atom stereocenters. The normalized spacial score (nSPS) is 20.8. The number of aliphatic hydroxyl groups excluding tert-OH is 1. The lowest BCUT2D eigenvalue weighted by molar-refractivity contribution is -0.162. The summed E-state index contributed by atoms with van der Waals surface area (Å²) in [6.45, 7) is 6.30. The lowest BCUT2D eigenvalue weighted by Crippen LogP contribution is -2.42. The molecular weight excluding hydrogens is 234 g/mol. The Morgan fingerprint density at radius 1 is 1.50 bits per heavy atom. The molecule has 1 rings (SSSR count). The summed E-state index contributed by atoms with van der Waals surface area (Å²) >= 11 is 0. The fraction of sp³-hybridized carbons (Fsp3) is 0.846. The van der Waals surface area contributed by atoms with Gasteiger partial charge in [0.15, 0.2) is 0 Å². The number of esters is 1. The van der Waals surface area contributed by atoms with Crippen LogP contribution in [-0.2, 0) is 14.3 Å². The number of rotatable bonds is 3. The molecule has 0 spiro atoms. The monoisotopic (exact) mass is 255 g/mol. The zero-order valence-electron chi connectivity index (χ0n) is 11.2. The van der Waals surface area contributed by atoms with E-state index in [4.69, 9.17) is 14.7 Å². The zero-order valence-corrected chi connectivity index (χ0v) is 11.2. The molecule has 0 bridgehead atoms. The average Bonchev–Trinajstić information content (AvgIpc) is 2.26. The highest BCUT2D eigenvalue weighted by Gasteiger charge is 2.42. The number of nitrogens with zero attached hydrogens (tertiary/aromatic N) is 1. The molecule has 5 nitrogen and oxygen atoms in total. The largest absolute Gasteiger partial charge is 0.460 e. The van der Waals surface area contributed by atoms with Crippen LogP contribution in [0.2, 0.25) is 0 Å². The van der Waals surface area contributed by atoms with E-state index in [9.17, 15) is 9.90 Å². The summed E-state index contributed by atoms with van der Waals surface area (Å²) in [4.78, 5) is 11.9. The second-order valence-corrected chi connectivity index (χ2v) is 5.77. The van der Waals surface area contributed by atoms with Crippen LogP contribution in [0, 0.1) is 16.7 Å². The molecule has 0 aromatic carbocycles. The molecule has 18 heavy (non-hydrogen) atoms. The van der Waals surface area contributed by atoms with Gasteiger partial charge in [0, 0.05) is 18.6 Å². The third-order valence-electron chi connectivity index (χ3n) is 3.11. The standard InChI is InChI=1S/C13H21NO4/c1-12(2,3)18-11(16)8-13(10(15)9-14)4-6-17-7-5-13/h10,15H,4-8H2,1-3H3. The van der Waals surface area contributed by atoms with Crippen molar-refractivity contribution in [1.29, 1.82) is 5.26 Å². The molecule has 0 aromatic heterocycles. The second-order valence-electron chi connectivity index (χ2n) is 5.77. The van der Waals surface area contributed by atoms with E-state index in [2.05, 4.69) is 0 Å². The molecular formula is C13H21NO4. The predicted octanol–water partition coefficient (Wildman–Crippen LogP) is 1.40. The highest BCUT2D eigenvalue weighted by atomic mass is 16.6. The van der Waals surface area contributed by atoms with Crippen LogP contribution in [-0.4, -0.2) is 36.0 Å². The van der Waals surface area contributed by atoms with Crippen molar-refractivity contribution >= 4 is 5.97 Å². The molecule has 1 aliphatic heterocycles. The van der Waals surface area contributed by atoms with Crippen molar-refractivity contribution in [1.82, 2.24) is 0 Å². The summed E-state index contributed by atoms with van der Waals surface area (Å²) in [6, 6.07) is 1.84. The fourth-order valence-electron chi connectivity index (χ4n) is 2.13. The first kappa shape index (κ1) is 14.9. The highest BCUT2D eigenvalue weighted by molar-refractivity contribution is 5.71. The Balaban J connectivity index is 2.74. The number of hydrogen-bond donors (Lipinski definition) is 1. The molecule has 102 valence electrons. The van der Waals surface area contributed by atoms with Crippen molar-refractivity contribution in [3.63, 3.8) is 0 Å². The molecule has 1 unspecified atom stereocenters. The van der Waals surface area contributed by atoms with Gasteiger partial charge >= 0.3 is 5.97 Å². The SMILES string of the molecule is CC(C)(C)OC(=O)CC1(C(O)C#N)CCOCC1. The van der Waals surface area contributed by atoms with Crippen molar-refractivity contribution in [3.8, 4) is 6.07 Å². The lowest BCUT2D eigenvalue weighted by Gasteiger charge is -2.38. The van der Waals surface area contributed by atoms with Crippen LogP contribution in [0.4, 0.5) is 0 Å². The number of nitriles is 1. The molecule has 1 aliphatic rings. The molecule has 1 N–H and O–H groups in total. The van der Waals surface area contributed by atoms with Gasteiger partial charge in [-0.1, -0.05) is 0 Å². The van der Waals surface area contributed by atoms with Gasteiger partial charge in [-0.05, 0) is 33.6 Å². The quantitative estimate of drug-likeness (QED) is 0.609. The molecule has 1 saturated heterocycles. The average molecular weight is 255 g/mol. The summed E-state index contributed by atoms with van der Waals surface area (Å²) in [5, 5.41) is 18.8. The van der Waals surface area contributed by atoms with Gasteiger partial charge in [-0.3, -0.25) is 4.79 Å². The summed E-state index contributed by atoms with van der Waals surface area (Å²) in [6.07, 6.45) is -0.0986. The smallest absolute Gasteiger partial charge is 0.307 e. The Bertz CT molecular complexity index is 334. The van der Waals surface area contributed by atoms with E-state index < -0.39 is 17.1 Å². The zero-order chi connectivity index (χ0) is 13.8. The topological polar surface area (TPSA) is 79.5 Å². The minimum absolute atomic E-state index is 0.0579. The maximum absolute atomic E-state index is 11.9. The third-order valence-corrected chi connectivity index (χ3v) is 3.11. The Labute approximate surface area is 108 Å². The number of carbonyl (C=O) groups is 1. The van der Waals surface area contributed by atoms with E-state index in [1.807, 2.05) is 6.07 Å². The molecule has 5 heteroatoms. The summed E-state index contributed by atoms with van der Waals surface area (Å²) in [7, 11) is 0. The number of carbonyl (C=O) groups excluding carboxylic acids is 1. The van der Waals surface area contributed by atoms with Gasteiger partial charge in [0.25, 0.3) is 0 Å². The van der Waals surface area contributed by atoms with Gasteiger partial charge in [-0.15, -0.1) is 0 Å². The summed E-state index contributed by atoms with van der Waals surface area (Å²) in [5.74, 6) is -0.376. The molecule has 0 saturated carbocycles. The Morgan fingerprint density at radius 3 is 2.50 bits per heavy atom. The van der Waals surface area contributed by atoms with Crippen LogP contribution in [0.3, 0.4) is 0 Å². The highest BCUT2D eigenvalue weighted by Crippen LogP contribution is 2.38. The Hall–Kier alpha value is -1.12. The fourth-order valence-corrected chi connectivity index (χ4v) is 2.13. The van der Waals surface area contributed by atoms with Crippen molar-refractivity contribution in [2.75, 3.05) is 13.2 Å². The van der Waals surface area contributed by atoms with Crippen LogP contribution in [0.15, 0.2) is 0 Å². The first-order valence-electron chi connectivity index (χ1n) is 6.16. The number of ether oxygens (including phenoxy) is 2. The van der Waals surface area contributed by atoms with E-state index in [1.165, 1.54) is 0 Å². The maximum Gasteiger partial charge on any atom is 0.307 e. The van der Waals surface area contributed by atoms with Gasteiger partial charge in [0.2, 0.25) is 0 Å². The van der Waals surface area contributed by atoms with Gasteiger partial charge in [-0.25, -0.2) is 0 Å². The van der Waals surface area contributed by atoms with Crippen molar-refractivity contribution in [2.45, 2.75) is 51.7 Å². The van der Waals surface area contributed by atoms with Gasteiger partial charge in [-0.2, -0.15) is 5.26 Å². The molecule has 1 heterocycles. The number of aliphatic hydroxyl groups is 1. The maximum atomic E-state index is 11.9. The molecule has 0 aliphatic carbocycles. The molecule has 0 amide bonds. The Morgan fingerprint density at radius 2 is 2.06 bits per heavy atom. The van der Waals surface area contributed by atoms with Crippen LogP contribution in [0.1, 0.15) is 40.0 Å². The van der Waals surface area contributed by atoms with Crippen LogP contribution < -0.4 is 0 Å². The third kappa shape index (κ3) is 3.97. The van der Waals surface area contributed by atoms with Gasteiger partial charge in [0.05, 0.1) is 12.5 Å². The van der Waals surface area contributed by atoms with E-state index in [0.717, 1.165) is 0 Å². The van der Waals surface area contributed by atoms with Gasteiger partial charge in [0.1, 0.15) is 11.7 Å². The lowest BCUT2D eigenvalue weighted by atomic mass is 9.73. The van der Waals surface area contributed by atoms with Crippen molar-refractivity contribution in [3.05, 3.63) is 0 Å². The van der Waals surface area contributed by atoms with Gasteiger partial charge < -0.3 is 14.6 Å². The summed E-state index contributed by atoms with van der Waals surface area (Å²) < 4.78 is 10.5. The summed E-state index contributed by atoms with van der Waals surface area (Å²) in [5.41, 5.74) is -1.28. The minimum atomic E-state index is -1.16. The van der Waals surface area contributed by atoms with E-state index in [1.54, 1.807) is 20.8 Å². The number of hydrogen-bond acceptors (Lipinski definition) is 5. The van der Waals surface area contributed by atoms with E-state index in [-0.39, 0.29) is 12.4 Å². The molecule has 0 radical (unpaired) electrons. The molecule has 0 aromatic rings. The molecule has 1 fully saturated rings. The van der Waals surface area contributed by atoms with Crippen LogP contribution in [0.25, 0.3) is 0 Å². The van der Waals surface area contributed by atoms with Crippen LogP contribution >= 0.6 is 0 Å². The second kappa shape index (κ2) is 5.68. The van der Waals surface area contributed by atoms with E-state index >= 15 is 0 Å². The van der Waals surface area contributed by atoms with Crippen LogP contribution in [0.5, 0.6) is 0 Å². The minimum Gasteiger partial charge on any atom is -0.460 e. The predicted molar refractivity (Wildman–Crippen MR) is 64.6 cm³/mol. The first-order valence-corrected chi connectivity index (χ1v) is 6.16. The van der Waals surface area contributed by atoms with Crippen molar-refractivity contribution < 1.29 is 19.4 Å².